The number of fused-ring (bicyclic) bond motifs is 5. The topological polar surface area (TPSA) is 161 Å². The van der Waals surface area contributed by atoms with Crippen LogP contribution in [0.2, 0.25) is 0 Å². The summed E-state index contributed by atoms with van der Waals surface area (Å²) < 4.78 is 9.51. The van der Waals surface area contributed by atoms with Crippen LogP contribution < -0.4 is 0 Å². The minimum atomic E-state index is -1.19. The molecule has 6 unspecified atom stereocenters. The molecule has 1 saturated heterocycles. The molecule has 0 aromatic rings. The van der Waals surface area contributed by atoms with E-state index in [1.807, 2.05) is 6.92 Å². The molecule has 6 atom stereocenters. The van der Waals surface area contributed by atoms with Crippen molar-refractivity contribution in [1.82, 2.24) is 0 Å². The van der Waals surface area contributed by atoms with Crippen LogP contribution in [0.5, 0.6) is 0 Å². The Labute approximate surface area is 219 Å². The lowest BCUT2D eigenvalue weighted by Crippen LogP contribution is -2.27. The first-order valence-corrected chi connectivity index (χ1v) is 13.0. The van der Waals surface area contributed by atoms with Gasteiger partial charge in [0, 0.05) is 11.1 Å². The Balaban J connectivity index is 0.000000213. The van der Waals surface area contributed by atoms with Crippen LogP contribution >= 0.6 is 0 Å². The number of allylic oxidation sites excluding steroid dienone is 2. The Bertz CT molecular complexity index is 1140. The molecule has 5 aliphatic rings. The molecule has 0 aromatic heterocycles. The molecule has 1 saturated carbocycles. The first kappa shape index (κ1) is 27.5. The van der Waals surface area contributed by atoms with Crippen LogP contribution in [-0.4, -0.2) is 46.0 Å². The molecule has 2 fully saturated rings. The Morgan fingerprint density at radius 2 is 1.32 bits per heavy atom. The molecule has 1 aliphatic heterocycles. The Kier molecular flexibility index (Phi) is 7.71. The van der Waals surface area contributed by atoms with Gasteiger partial charge in [0.15, 0.2) is 0 Å². The van der Waals surface area contributed by atoms with Crippen molar-refractivity contribution in [3.05, 3.63) is 33.9 Å². The lowest BCUT2D eigenvalue weighted by molar-refractivity contribution is -0.156. The Morgan fingerprint density at radius 1 is 0.842 bits per heavy atom. The number of carbonyl (C=O) groups is 6. The molecule has 2 bridgehead atoms. The van der Waals surface area contributed by atoms with Crippen molar-refractivity contribution in [3.63, 3.8) is 0 Å². The summed E-state index contributed by atoms with van der Waals surface area (Å²) in [5, 5.41) is 18.6. The highest BCUT2D eigenvalue weighted by Gasteiger charge is 2.59. The van der Waals surface area contributed by atoms with E-state index in [1.165, 1.54) is 5.57 Å². The van der Waals surface area contributed by atoms with Crippen LogP contribution in [0, 0.1) is 35.5 Å². The zero-order chi connectivity index (χ0) is 27.9. The average molecular weight is 529 g/mol. The van der Waals surface area contributed by atoms with Gasteiger partial charge in [-0.25, -0.2) is 19.2 Å². The lowest BCUT2D eigenvalue weighted by atomic mass is 9.82. The first-order valence-electron chi connectivity index (χ1n) is 13.0. The van der Waals surface area contributed by atoms with E-state index in [9.17, 15) is 39.0 Å². The normalized spacial score (nSPS) is 31.7. The van der Waals surface area contributed by atoms with Crippen LogP contribution in [0.4, 0.5) is 0 Å². The van der Waals surface area contributed by atoms with E-state index in [4.69, 9.17) is 4.74 Å². The highest BCUT2D eigenvalue weighted by atomic mass is 16.6. The molecule has 0 radical (unpaired) electrons. The highest BCUT2D eigenvalue weighted by molar-refractivity contribution is 6.08. The number of hydrogen-bond donors (Lipinski definition) is 2. The smallest absolute Gasteiger partial charge is 0.342 e. The maximum Gasteiger partial charge on any atom is 0.342 e. The van der Waals surface area contributed by atoms with Crippen molar-refractivity contribution in [3.8, 4) is 0 Å². The second-order valence-electron chi connectivity index (χ2n) is 10.9. The van der Waals surface area contributed by atoms with Crippen molar-refractivity contribution < 1.29 is 48.5 Å². The molecule has 0 amide bonds. The molecule has 4 aliphatic carbocycles. The van der Waals surface area contributed by atoms with Crippen molar-refractivity contribution in [2.24, 2.45) is 35.5 Å². The summed E-state index contributed by atoms with van der Waals surface area (Å²) in [5.74, 6) is -5.28. The van der Waals surface area contributed by atoms with Crippen LogP contribution in [0.3, 0.4) is 0 Å². The van der Waals surface area contributed by atoms with E-state index in [1.54, 1.807) is 13.8 Å². The molecular formula is C28H32O10. The molecule has 10 nitrogen and oxygen atoms in total. The number of rotatable bonds is 4. The van der Waals surface area contributed by atoms with Crippen molar-refractivity contribution in [2.75, 3.05) is 0 Å². The molecule has 204 valence electrons. The van der Waals surface area contributed by atoms with Crippen LogP contribution in [0.15, 0.2) is 33.9 Å². The fraction of sp³-hybridized carbons (Fsp3) is 0.571. The van der Waals surface area contributed by atoms with Gasteiger partial charge in [-0.15, -0.1) is 0 Å². The molecular weight excluding hydrogens is 496 g/mol. The number of carbonyl (C=O) groups excluding carboxylic acids is 4. The number of carboxylic acid groups (broad SMARTS) is 2. The number of ether oxygens (including phenoxy) is 2. The summed E-state index contributed by atoms with van der Waals surface area (Å²) in [5.41, 5.74) is 1.22. The number of cyclic esters (lactones) is 2. The maximum atomic E-state index is 12.3. The summed E-state index contributed by atoms with van der Waals surface area (Å²) >= 11 is 0. The predicted molar refractivity (Wildman–Crippen MR) is 130 cm³/mol. The van der Waals surface area contributed by atoms with Crippen molar-refractivity contribution in [2.45, 2.75) is 65.7 Å². The Morgan fingerprint density at radius 3 is 1.79 bits per heavy atom. The fourth-order valence-electron chi connectivity index (χ4n) is 6.71. The van der Waals surface area contributed by atoms with Gasteiger partial charge < -0.3 is 19.7 Å². The third kappa shape index (κ3) is 4.96. The number of aliphatic carboxylic acids is 2. The van der Waals surface area contributed by atoms with E-state index >= 15 is 0 Å². The number of hydrogen-bond acceptors (Lipinski definition) is 8. The van der Waals surface area contributed by atoms with Crippen molar-refractivity contribution in [1.29, 1.82) is 0 Å². The number of esters is 4. The average Bonchev–Trinajstić information content (AvgIpc) is 3.49. The van der Waals surface area contributed by atoms with Crippen LogP contribution in [-0.2, 0) is 38.2 Å². The molecule has 38 heavy (non-hydrogen) atoms. The predicted octanol–water partition coefficient (Wildman–Crippen LogP) is 3.36. The van der Waals surface area contributed by atoms with Gasteiger partial charge in [0.25, 0.3) is 0 Å². The third-order valence-corrected chi connectivity index (χ3v) is 8.52. The van der Waals surface area contributed by atoms with E-state index in [0.29, 0.717) is 25.7 Å². The van der Waals surface area contributed by atoms with Gasteiger partial charge >= 0.3 is 35.8 Å². The largest absolute Gasteiger partial charge is 0.478 e. The molecule has 1 heterocycles. The van der Waals surface area contributed by atoms with Crippen molar-refractivity contribution >= 4 is 35.8 Å². The van der Waals surface area contributed by atoms with Crippen LogP contribution in [0.25, 0.3) is 0 Å². The van der Waals surface area contributed by atoms with E-state index in [-0.39, 0.29) is 82.6 Å². The summed E-state index contributed by atoms with van der Waals surface area (Å²) in [7, 11) is 0. The summed E-state index contributed by atoms with van der Waals surface area (Å²) in [4.78, 5) is 70.1. The summed E-state index contributed by atoms with van der Waals surface area (Å²) in [6, 6.07) is 0. The van der Waals surface area contributed by atoms with Gasteiger partial charge in [-0.1, -0.05) is 25.5 Å². The Hall–Kier alpha value is -3.56. The minimum absolute atomic E-state index is 0.000864. The lowest BCUT2D eigenvalue weighted by Gasteiger charge is -2.24. The van der Waals surface area contributed by atoms with Gasteiger partial charge in [0.2, 0.25) is 0 Å². The molecule has 2 N–H and O–H groups in total. The zero-order valence-electron chi connectivity index (χ0n) is 21.7. The van der Waals surface area contributed by atoms with Gasteiger partial charge in [-0.3, -0.25) is 9.59 Å². The monoisotopic (exact) mass is 528 g/mol. The SMILES string of the molecule is CC1=CC2CC1C1C(=O)OC(=O)C21.CC1CCCC(C(=O)OC(=O)C2=C(C(=O)O)C(C)CCC2)=C1C(=O)O. The van der Waals surface area contributed by atoms with E-state index in [2.05, 4.69) is 10.8 Å². The molecule has 0 aromatic carbocycles. The third-order valence-electron chi connectivity index (χ3n) is 8.52. The molecule has 0 spiro atoms. The molecule has 5 rings (SSSR count). The van der Waals surface area contributed by atoms with Crippen LogP contribution in [0.1, 0.15) is 65.7 Å². The maximum absolute atomic E-state index is 12.3. The number of carboxylic acids is 2. The second-order valence-corrected chi connectivity index (χ2v) is 10.9. The fourth-order valence-corrected chi connectivity index (χ4v) is 6.71. The summed E-state index contributed by atoms with van der Waals surface area (Å²) in [6.45, 7) is 5.47. The van der Waals surface area contributed by atoms with Gasteiger partial charge in [0.05, 0.1) is 23.0 Å². The minimum Gasteiger partial charge on any atom is -0.478 e. The second kappa shape index (κ2) is 10.7. The van der Waals surface area contributed by atoms with E-state index in [0.717, 1.165) is 6.42 Å². The summed E-state index contributed by atoms with van der Waals surface area (Å²) in [6.07, 6.45) is 6.15. The van der Waals surface area contributed by atoms with E-state index < -0.39 is 23.9 Å². The van der Waals surface area contributed by atoms with Gasteiger partial charge in [0.1, 0.15) is 0 Å². The zero-order valence-corrected chi connectivity index (χ0v) is 21.7. The quantitative estimate of drug-likeness (QED) is 0.314. The van der Waals surface area contributed by atoms with Gasteiger partial charge in [-0.05, 0) is 75.5 Å². The standard InChI is InChI=1S/C18H22O7.C10H10O3/c1-9-5-3-7-11(13(9)15(19)20)17(23)25-18(24)12-8-4-6-10(2)14(12)16(21)22;1-4-2-5-3-6(4)8-7(5)9(11)13-10(8)12/h9-10H,3-8H2,1-2H3,(H,19,20)(H,21,22);2,5-8H,3H2,1H3. The highest BCUT2D eigenvalue weighted by Crippen LogP contribution is 2.54. The first-order chi connectivity index (χ1) is 17.9. The van der Waals surface area contributed by atoms with Gasteiger partial charge in [-0.2, -0.15) is 0 Å². The molecule has 10 heteroatoms.